The lowest BCUT2D eigenvalue weighted by molar-refractivity contribution is -0.137. The minimum absolute atomic E-state index is 0.225. The first-order chi connectivity index (χ1) is 8.01. The second kappa shape index (κ2) is 5.89. The van der Waals surface area contributed by atoms with E-state index in [4.69, 9.17) is 9.47 Å². The zero-order valence-corrected chi connectivity index (χ0v) is 11.2. The van der Waals surface area contributed by atoms with Crippen LogP contribution >= 0.6 is 0 Å². The van der Waals surface area contributed by atoms with Gasteiger partial charge in [0.2, 0.25) is 0 Å². The maximum Gasteiger partial charge on any atom is 0.334 e. The van der Waals surface area contributed by atoms with Crippen LogP contribution in [0.3, 0.4) is 0 Å². The Morgan fingerprint density at radius 3 is 2.71 bits per heavy atom. The lowest BCUT2D eigenvalue weighted by Gasteiger charge is -2.24. The Labute approximate surface area is 103 Å². The highest BCUT2D eigenvalue weighted by molar-refractivity contribution is 5.82. The van der Waals surface area contributed by atoms with Crippen LogP contribution < -0.4 is 0 Å². The molecule has 1 aliphatic heterocycles. The van der Waals surface area contributed by atoms with Gasteiger partial charge in [-0.3, -0.25) is 0 Å². The van der Waals surface area contributed by atoms with Crippen molar-refractivity contribution < 1.29 is 14.3 Å². The van der Waals surface area contributed by atoms with E-state index in [0.717, 1.165) is 25.0 Å². The highest BCUT2D eigenvalue weighted by Crippen LogP contribution is 2.37. The SMILES string of the molecule is CCOC(=O)/C=C1\CCC(C=C(C)C)(CC)O1. The van der Waals surface area contributed by atoms with Crippen molar-refractivity contribution in [2.24, 2.45) is 0 Å². The maximum atomic E-state index is 11.3. The summed E-state index contributed by atoms with van der Waals surface area (Å²) in [7, 11) is 0. The van der Waals surface area contributed by atoms with Crippen molar-refractivity contribution in [2.45, 2.75) is 52.6 Å². The second-order valence-electron chi connectivity index (χ2n) is 4.60. The van der Waals surface area contributed by atoms with Gasteiger partial charge in [-0.2, -0.15) is 0 Å². The average Bonchev–Trinajstić information content (AvgIpc) is 2.61. The third-order valence-corrected chi connectivity index (χ3v) is 2.84. The molecule has 3 heteroatoms. The van der Waals surface area contributed by atoms with Crippen molar-refractivity contribution in [3.05, 3.63) is 23.5 Å². The van der Waals surface area contributed by atoms with Crippen molar-refractivity contribution in [1.29, 1.82) is 0 Å². The molecule has 0 saturated carbocycles. The van der Waals surface area contributed by atoms with Crippen LogP contribution in [0.15, 0.2) is 23.5 Å². The van der Waals surface area contributed by atoms with Crippen LogP contribution in [0.1, 0.15) is 47.0 Å². The number of rotatable bonds is 4. The fourth-order valence-corrected chi connectivity index (χ4v) is 2.09. The number of hydrogen-bond acceptors (Lipinski definition) is 3. The Morgan fingerprint density at radius 1 is 1.47 bits per heavy atom. The van der Waals surface area contributed by atoms with E-state index in [1.54, 1.807) is 6.92 Å². The zero-order valence-electron chi connectivity index (χ0n) is 11.2. The summed E-state index contributed by atoms with van der Waals surface area (Å²) in [6.07, 6.45) is 6.27. The third-order valence-electron chi connectivity index (χ3n) is 2.84. The summed E-state index contributed by atoms with van der Waals surface area (Å²) in [5.74, 6) is 0.425. The first kappa shape index (κ1) is 13.8. The molecule has 0 bridgehead atoms. The molecular weight excluding hydrogens is 216 g/mol. The minimum Gasteiger partial charge on any atom is -0.487 e. The van der Waals surface area contributed by atoms with Gasteiger partial charge in [0.25, 0.3) is 0 Å². The van der Waals surface area contributed by atoms with E-state index in [9.17, 15) is 4.79 Å². The van der Waals surface area contributed by atoms with E-state index in [1.165, 1.54) is 11.6 Å². The standard InChI is InChI=1S/C14H22O3/c1-5-14(10-11(3)4)8-7-12(17-14)9-13(15)16-6-2/h9-10H,5-8H2,1-4H3/b12-9+. The van der Waals surface area contributed by atoms with Crippen LogP contribution in [-0.4, -0.2) is 18.2 Å². The molecule has 0 amide bonds. The predicted octanol–water partition coefficient (Wildman–Crippen LogP) is 3.36. The summed E-state index contributed by atoms with van der Waals surface area (Å²) in [4.78, 5) is 11.3. The number of allylic oxidation sites excluding steroid dienone is 2. The van der Waals surface area contributed by atoms with E-state index < -0.39 is 0 Å². The first-order valence-electron chi connectivity index (χ1n) is 6.23. The molecule has 0 aliphatic carbocycles. The first-order valence-corrected chi connectivity index (χ1v) is 6.23. The van der Waals surface area contributed by atoms with Crippen LogP contribution in [0.2, 0.25) is 0 Å². The number of hydrogen-bond donors (Lipinski definition) is 0. The van der Waals surface area contributed by atoms with Crippen molar-refractivity contribution in [2.75, 3.05) is 6.61 Å². The molecule has 1 heterocycles. The summed E-state index contributed by atoms with van der Waals surface area (Å²) in [6, 6.07) is 0. The monoisotopic (exact) mass is 238 g/mol. The maximum absolute atomic E-state index is 11.3. The van der Waals surface area contributed by atoms with Crippen LogP contribution in [0.25, 0.3) is 0 Å². The molecule has 1 fully saturated rings. The number of carbonyl (C=O) groups is 1. The number of ether oxygens (including phenoxy) is 2. The van der Waals surface area contributed by atoms with Gasteiger partial charge in [-0.05, 0) is 39.7 Å². The molecule has 0 aromatic heterocycles. The van der Waals surface area contributed by atoms with Gasteiger partial charge in [-0.15, -0.1) is 0 Å². The van der Waals surface area contributed by atoms with Gasteiger partial charge in [-0.25, -0.2) is 4.79 Å². The largest absolute Gasteiger partial charge is 0.487 e. The van der Waals surface area contributed by atoms with Crippen molar-refractivity contribution in [1.82, 2.24) is 0 Å². The van der Waals surface area contributed by atoms with Crippen molar-refractivity contribution in [3.8, 4) is 0 Å². The molecule has 0 N–H and O–H groups in total. The van der Waals surface area contributed by atoms with E-state index in [0.29, 0.717) is 6.61 Å². The van der Waals surface area contributed by atoms with E-state index >= 15 is 0 Å². The van der Waals surface area contributed by atoms with Crippen molar-refractivity contribution >= 4 is 5.97 Å². The molecule has 17 heavy (non-hydrogen) atoms. The summed E-state index contributed by atoms with van der Waals surface area (Å²) in [5, 5.41) is 0. The fourth-order valence-electron chi connectivity index (χ4n) is 2.09. The Morgan fingerprint density at radius 2 is 2.18 bits per heavy atom. The van der Waals surface area contributed by atoms with Crippen LogP contribution in [0.5, 0.6) is 0 Å². The lowest BCUT2D eigenvalue weighted by Crippen LogP contribution is -2.23. The quantitative estimate of drug-likeness (QED) is 0.428. The highest BCUT2D eigenvalue weighted by atomic mass is 16.5. The molecule has 0 aromatic carbocycles. The summed E-state index contributed by atoms with van der Waals surface area (Å²) >= 11 is 0. The summed E-state index contributed by atoms with van der Waals surface area (Å²) in [5.41, 5.74) is 1.01. The van der Waals surface area contributed by atoms with Gasteiger partial charge in [-0.1, -0.05) is 12.5 Å². The fraction of sp³-hybridized carbons (Fsp3) is 0.643. The third kappa shape index (κ3) is 3.91. The molecule has 1 unspecified atom stereocenters. The minimum atomic E-state index is -0.313. The van der Waals surface area contributed by atoms with Gasteiger partial charge >= 0.3 is 5.97 Å². The molecular formula is C14H22O3. The van der Waals surface area contributed by atoms with Gasteiger partial charge in [0.15, 0.2) is 0 Å². The second-order valence-corrected chi connectivity index (χ2v) is 4.60. The topological polar surface area (TPSA) is 35.5 Å². The zero-order chi connectivity index (χ0) is 12.9. The molecule has 1 rings (SSSR count). The van der Waals surface area contributed by atoms with Crippen LogP contribution in [0, 0.1) is 0 Å². The molecule has 0 spiro atoms. The normalized spacial score (nSPS) is 25.5. The Bertz CT molecular complexity index is 337. The molecule has 3 nitrogen and oxygen atoms in total. The number of esters is 1. The molecule has 96 valence electrons. The highest BCUT2D eigenvalue weighted by Gasteiger charge is 2.34. The molecule has 0 radical (unpaired) electrons. The number of carbonyl (C=O) groups excluding carboxylic acids is 1. The molecule has 0 aromatic rings. The Hall–Kier alpha value is -1.25. The smallest absolute Gasteiger partial charge is 0.334 e. The lowest BCUT2D eigenvalue weighted by atomic mass is 9.94. The summed E-state index contributed by atoms with van der Waals surface area (Å²) < 4.78 is 10.8. The van der Waals surface area contributed by atoms with Gasteiger partial charge in [0.1, 0.15) is 11.4 Å². The van der Waals surface area contributed by atoms with E-state index in [-0.39, 0.29) is 11.6 Å². The van der Waals surface area contributed by atoms with E-state index in [1.807, 2.05) is 0 Å². The van der Waals surface area contributed by atoms with Crippen molar-refractivity contribution in [3.63, 3.8) is 0 Å². The van der Waals surface area contributed by atoms with Gasteiger partial charge in [0, 0.05) is 6.42 Å². The summed E-state index contributed by atoms with van der Waals surface area (Å²) in [6.45, 7) is 8.43. The van der Waals surface area contributed by atoms with E-state index in [2.05, 4.69) is 26.8 Å². The predicted molar refractivity (Wildman–Crippen MR) is 67.5 cm³/mol. The van der Waals surface area contributed by atoms with Crippen LogP contribution in [0.4, 0.5) is 0 Å². The van der Waals surface area contributed by atoms with Gasteiger partial charge in [0.05, 0.1) is 12.7 Å². The Kier molecular flexibility index (Phi) is 4.79. The molecule has 1 saturated heterocycles. The molecule has 1 aliphatic rings. The van der Waals surface area contributed by atoms with Gasteiger partial charge < -0.3 is 9.47 Å². The Balaban J connectivity index is 2.73. The molecule has 1 atom stereocenters. The van der Waals surface area contributed by atoms with Crippen LogP contribution in [-0.2, 0) is 14.3 Å². The average molecular weight is 238 g/mol.